The van der Waals surface area contributed by atoms with Crippen molar-refractivity contribution < 1.29 is 23.0 Å². The minimum atomic E-state index is -0.687. The summed E-state index contributed by atoms with van der Waals surface area (Å²) in [7, 11) is 1.47. The van der Waals surface area contributed by atoms with Crippen LogP contribution in [0.5, 0.6) is 5.75 Å². The topological polar surface area (TPSA) is 61.5 Å². The van der Waals surface area contributed by atoms with Gasteiger partial charge in [-0.1, -0.05) is 0 Å². The highest BCUT2D eigenvalue weighted by Gasteiger charge is 2.16. The molecule has 0 saturated heterocycles. The summed E-state index contributed by atoms with van der Waals surface area (Å²) in [5, 5.41) is 0. The van der Waals surface area contributed by atoms with Crippen molar-refractivity contribution >= 4 is 5.97 Å². The highest BCUT2D eigenvalue weighted by atomic mass is 19.1. The number of methoxy groups -OCH3 is 1. The smallest absolute Gasteiger partial charge is 0.307 e. The number of hydrogen-bond acceptors (Lipinski definition) is 4. The van der Waals surface area contributed by atoms with Gasteiger partial charge in [-0.3, -0.25) is 4.79 Å². The summed E-state index contributed by atoms with van der Waals surface area (Å²) in [4.78, 5) is 11.6. The lowest BCUT2D eigenvalue weighted by atomic mass is 9.97. The molecule has 24 heavy (non-hydrogen) atoms. The predicted molar refractivity (Wildman–Crippen MR) is 86.5 cm³/mol. The number of rotatable bonds is 6. The van der Waals surface area contributed by atoms with Crippen molar-refractivity contribution in [2.75, 3.05) is 13.7 Å². The maximum atomic E-state index is 14.0. The van der Waals surface area contributed by atoms with Crippen molar-refractivity contribution in [3.05, 3.63) is 53.6 Å². The second-order valence-corrected chi connectivity index (χ2v) is 5.23. The van der Waals surface area contributed by atoms with Crippen LogP contribution in [-0.2, 0) is 9.53 Å². The van der Waals surface area contributed by atoms with E-state index in [2.05, 4.69) is 0 Å². The Morgan fingerprint density at radius 1 is 1.21 bits per heavy atom. The van der Waals surface area contributed by atoms with Crippen LogP contribution in [0.1, 0.15) is 24.9 Å². The van der Waals surface area contributed by atoms with Crippen LogP contribution in [0.3, 0.4) is 0 Å². The molecule has 6 heteroatoms. The van der Waals surface area contributed by atoms with Crippen LogP contribution in [0.2, 0.25) is 0 Å². The first kappa shape index (κ1) is 17.9. The third-order valence-corrected chi connectivity index (χ3v) is 3.53. The lowest BCUT2D eigenvalue weighted by molar-refractivity contribution is -0.143. The molecule has 0 spiro atoms. The van der Waals surface area contributed by atoms with E-state index in [1.807, 2.05) is 0 Å². The van der Waals surface area contributed by atoms with Gasteiger partial charge in [0.15, 0.2) is 0 Å². The first-order valence-electron chi connectivity index (χ1n) is 7.50. The van der Waals surface area contributed by atoms with Gasteiger partial charge in [-0.2, -0.15) is 0 Å². The molecule has 0 amide bonds. The fourth-order valence-corrected chi connectivity index (χ4v) is 2.35. The van der Waals surface area contributed by atoms with E-state index in [4.69, 9.17) is 15.2 Å². The van der Waals surface area contributed by atoms with Crippen LogP contribution in [0.15, 0.2) is 36.4 Å². The molecule has 0 heterocycles. The lowest BCUT2D eigenvalue weighted by Gasteiger charge is -2.15. The van der Waals surface area contributed by atoms with Gasteiger partial charge in [0.05, 0.1) is 20.1 Å². The standard InChI is InChI=1S/C18H19F2NO3/c1-3-24-18(22)10-17(21)12-6-11(7-14(8-12)23-2)15-5-4-13(19)9-16(15)20/h4-9,17H,3,10,21H2,1-2H3/t17-/m0/s1. The van der Waals surface area contributed by atoms with Crippen LogP contribution in [0, 0.1) is 11.6 Å². The summed E-state index contributed by atoms with van der Waals surface area (Å²) in [5.74, 6) is -1.29. The van der Waals surface area contributed by atoms with Crippen LogP contribution in [0.25, 0.3) is 11.1 Å². The van der Waals surface area contributed by atoms with Gasteiger partial charge in [-0.25, -0.2) is 8.78 Å². The molecule has 2 aromatic carbocycles. The number of benzene rings is 2. The Morgan fingerprint density at radius 2 is 1.96 bits per heavy atom. The summed E-state index contributed by atoms with van der Waals surface area (Å²) < 4.78 is 37.2. The second-order valence-electron chi connectivity index (χ2n) is 5.23. The van der Waals surface area contributed by atoms with Crippen molar-refractivity contribution in [3.8, 4) is 16.9 Å². The molecule has 0 bridgehead atoms. The van der Waals surface area contributed by atoms with Gasteiger partial charge < -0.3 is 15.2 Å². The number of carbonyl (C=O) groups excluding carboxylic acids is 1. The van der Waals surface area contributed by atoms with Gasteiger partial charge in [0.25, 0.3) is 0 Å². The minimum Gasteiger partial charge on any atom is -0.497 e. The van der Waals surface area contributed by atoms with E-state index in [1.165, 1.54) is 19.2 Å². The van der Waals surface area contributed by atoms with Crippen molar-refractivity contribution in [2.45, 2.75) is 19.4 Å². The predicted octanol–water partition coefficient (Wildman–Crippen LogP) is 3.59. The maximum Gasteiger partial charge on any atom is 0.307 e. The zero-order valence-electron chi connectivity index (χ0n) is 13.5. The number of nitrogens with two attached hydrogens (primary N) is 1. The summed E-state index contributed by atoms with van der Waals surface area (Å²) in [6.45, 7) is 1.99. The van der Waals surface area contributed by atoms with E-state index < -0.39 is 23.6 Å². The van der Waals surface area contributed by atoms with Crippen molar-refractivity contribution in [1.82, 2.24) is 0 Å². The molecule has 1 atom stereocenters. The van der Waals surface area contributed by atoms with Crippen molar-refractivity contribution in [1.29, 1.82) is 0 Å². The number of esters is 1. The highest BCUT2D eigenvalue weighted by molar-refractivity contribution is 5.71. The van der Waals surface area contributed by atoms with Crippen LogP contribution in [-0.4, -0.2) is 19.7 Å². The molecule has 0 saturated carbocycles. The molecule has 0 aliphatic carbocycles. The summed E-state index contributed by atoms with van der Waals surface area (Å²) in [5.41, 5.74) is 7.36. The first-order valence-corrected chi connectivity index (χ1v) is 7.50. The molecule has 0 aromatic heterocycles. The molecular formula is C18H19F2NO3. The Morgan fingerprint density at radius 3 is 2.58 bits per heavy atom. The number of ether oxygens (including phenoxy) is 2. The number of hydrogen-bond donors (Lipinski definition) is 1. The SMILES string of the molecule is CCOC(=O)C[C@H](N)c1cc(OC)cc(-c2ccc(F)cc2F)c1. The summed E-state index contributed by atoms with van der Waals surface area (Å²) in [6.07, 6.45) is -0.00759. The second kappa shape index (κ2) is 7.88. The fraction of sp³-hybridized carbons (Fsp3) is 0.278. The Bertz CT molecular complexity index is 734. The van der Waals surface area contributed by atoms with E-state index in [-0.39, 0.29) is 18.6 Å². The third kappa shape index (κ3) is 4.29. The average molecular weight is 335 g/mol. The van der Waals surface area contributed by atoms with Crippen LogP contribution in [0.4, 0.5) is 8.78 Å². The van der Waals surface area contributed by atoms with E-state index in [0.29, 0.717) is 16.9 Å². The lowest BCUT2D eigenvalue weighted by Crippen LogP contribution is -2.17. The molecular weight excluding hydrogens is 316 g/mol. The molecule has 0 unspecified atom stereocenters. The van der Waals surface area contributed by atoms with Gasteiger partial charge in [0, 0.05) is 17.7 Å². The molecule has 128 valence electrons. The van der Waals surface area contributed by atoms with Gasteiger partial charge in [0.1, 0.15) is 17.4 Å². The normalized spacial score (nSPS) is 11.9. The molecule has 0 fully saturated rings. The third-order valence-electron chi connectivity index (χ3n) is 3.53. The minimum absolute atomic E-state index is 0.00759. The summed E-state index contributed by atoms with van der Waals surface area (Å²) in [6, 6.07) is 7.67. The van der Waals surface area contributed by atoms with Crippen molar-refractivity contribution in [2.24, 2.45) is 5.73 Å². The van der Waals surface area contributed by atoms with Gasteiger partial charge in [0.2, 0.25) is 0 Å². The average Bonchev–Trinajstić information content (AvgIpc) is 2.54. The molecule has 2 rings (SSSR count). The Hall–Kier alpha value is -2.47. The van der Waals surface area contributed by atoms with E-state index >= 15 is 0 Å². The van der Waals surface area contributed by atoms with Gasteiger partial charge >= 0.3 is 5.97 Å². The summed E-state index contributed by atoms with van der Waals surface area (Å²) >= 11 is 0. The zero-order valence-corrected chi connectivity index (χ0v) is 13.5. The quantitative estimate of drug-likeness (QED) is 0.820. The van der Waals surface area contributed by atoms with Gasteiger partial charge in [-0.05, 0) is 48.4 Å². The molecule has 0 aliphatic heterocycles. The number of carbonyl (C=O) groups is 1. The van der Waals surface area contributed by atoms with E-state index in [9.17, 15) is 13.6 Å². The van der Waals surface area contributed by atoms with Crippen LogP contribution >= 0.6 is 0 Å². The van der Waals surface area contributed by atoms with E-state index in [1.54, 1.807) is 25.1 Å². The molecule has 2 N–H and O–H groups in total. The maximum absolute atomic E-state index is 14.0. The van der Waals surface area contributed by atoms with Gasteiger partial charge in [-0.15, -0.1) is 0 Å². The van der Waals surface area contributed by atoms with Crippen molar-refractivity contribution in [3.63, 3.8) is 0 Å². The molecule has 4 nitrogen and oxygen atoms in total. The highest BCUT2D eigenvalue weighted by Crippen LogP contribution is 2.31. The zero-order chi connectivity index (χ0) is 17.7. The number of halogens is 2. The largest absolute Gasteiger partial charge is 0.497 e. The Labute approximate surface area is 139 Å². The Kier molecular flexibility index (Phi) is 5.87. The molecule has 0 radical (unpaired) electrons. The van der Waals surface area contributed by atoms with E-state index in [0.717, 1.165) is 6.07 Å². The molecule has 2 aromatic rings. The Balaban J connectivity index is 2.38. The fourth-order valence-electron chi connectivity index (χ4n) is 2.35. The first-order chi connectivity index (χ1) is 11.4. The monoisotopic (exact) mass is 335 g/mol. The molecule has 0 aliphatic rings. The van der Waals surface area contributed by atoms with Crippen LogP contribution < -0.4 is 10.5 Å².